The van der Waals surface area contributed by atoms with Crippen LogP contribution in [0.15, 0.2) is 54.7 Å². The van der Waals surface area contributed by atoms with Gasteiger partial charge in [-0.3, -0.25) is 14.9 Å². The van der Waals surface area contributed by atoms with Crippen LogP contribution in [0.4, 0.5) is 11.4 Å². The summed E-state index contributed by atoms with van der Waals surface area (Å²) < 4.78 is 0. The number of nitrogens with zero attached hydrogens (tertiary/aromatic N) is 1. The van der Waals surface area contributed by atoms with E-state index in [2.05, 4.69) is 10.3 Å². The lowest BCUT2D eigenvalue weighted by Gasteiger charge is -2.05. The standard InChI is InChI=1S/C15H11N3O3/c19-15(11-1-6-14-10(9-11)7-8-16-14)17-12-2-4-13(5-3-12)18(20)21/h1-9,16H,(H,17,19). The summed E-state index contributed by atoms with van der Waals surface area (Å²) in [6.07, 6.45) is 1.81. The summed E-state index contributed by atoms with van der Waals surface area (Å²) in [6.45, 7) is 0. The van der Waals surface area contributed by atoms with Crippen molar-refractivity contribution in [2.45, 2.75) is 0 Å². The number of nitrogens with one attached hydrogen (secondary N) is 2. The van der Waals surface area contributed by atoms with Crippen molar-refractivity contribution >= 4 is 28.2 Å². The molecule has 6 heteroatoms. The van der Waals surface area contributed by atoms with Gasteiger partial charge in [0.15, 0.2) is 0 Å². The van der Waals surface area contributed by atoms with Gasteiger partial charge >= 0.3 is 0 Å². The van der Waals surface area contributed by atoms with Gasteiger partial charge in [0.2, 0.25) is 0 Å². The molecule has 21 heavy (non-hydrogen) atoms. The van der Waals surface area contributed by atoms with E-state index < -0.39 is 4.92 Å². The number of nitro benzene ring substituents is 1. The highest BCUT2D eigenvalue weighted by atomic mass is 16.6. The first-order valence-electron chi connectivity index (χ1n) is 6.26. The van der Waals surface area contributed by atoms with Gasteiger partial charge in [0.1, 0.15) is 0 Å². The van der Waals surface area contributed by atoms with E-state index >= 15 is 0 Å². The third kappa shape index (κ3) is 2.59. The van der Waals surface area contributed by atoms with Crippen molar-refractivity contribution in [2.75, 3.05) is 5.32 Å². The van der Waals surface area contributed by atoms with Crippen LogP contribution < -0.4 is 5.32 Å². The molecule has 104 valence electrons. The molecule has 1 heterocycles. The maximum atomic E-state index is 12.1. The summed E-state index contributed by atoms with van der Waals surface area (Å²) in [5, 5.41) is 14.2. The minimum atomic E-state index is -0.481. The number of carbonyl (C=O) groups excluding carboxylic acids is 1. The zero-order valence-electron chi connectivity index (χ0n) is 10.9. The lowest BCUT2D eigenvalue weighted by Crippen LogP contribution is -2.11. The molecule has 0 saturated carbocycles. The fourth-order valence-corrected chi connectivity index (χ4v) is 2.06. The predicted octanol–water partition coefficient (Wildman–Crippen LogP) is 3.33. The van der Waals surface area contributed by atoms with Gasteiger partial charge in [-0.25, -0.2) is 0 Å². The van der Waals surface area contributed by atoms with Gasteiger partial charge in [-0.05, 0) is 36.4 Å². The highest BCUT2D eigenvalue weighted by Gasteiger charge is 2.09. The SMILES string of the molecule is O=C(Nc1ccc([N+](=O)[O-])cc1)c1ccc2[nH]ccc2c1. The second-order valence-electron chi connectivity index (χ2n) is 4.54. The minimum absolute atomic E-state index is 0.0123. The highest BCUT2D eigenvalue weighted by Crippen LogP contribution is 2.18. The van der Waals surface area contributed by atoms with Crippen molar-refractivity contribution in [1.82, 2.24) is 4.98 Å². The Labute approximate surface area is 119 Å². The molecule has 2 N–H and O–H groups in total. The van der Waals surface area contributed by atoms with Crippen LogP contribution in [0.5, 0.6) is 0 Å². The monoisotopic (exact) mass is 281 g/mol. The number of rotatable bonds is 3. The van der Waals surface area contributed by atoms with Gasteiger partial charge in [-0.2, -0.15) is 0 Å². The van der Waals surface area contributed by atoms with E-state index in [9.17, 15) is 14.9 Å². The Kier molecular flexibility index (Phi) is 3.12. The molecule has 3 aromatic rings. The van der Waals surface area contributed by atoms with Crippen molar-refractivity contribution in [2.24, 2.45) is 0 Å². The van der Waals surface area contributed by atoms with Crippen LogP contribution in [0.25, 0.3) is 10.9 Å². The molecular weight excluding hydrogens is 270 g/mol. The number of fused-ring (bicyclic) bond motifs is 1. The third-order valence-electron chi connectivity index (χ3n) is 3.15. The van der Waals surface area contributed by atoms with E-state index in [0.29, 0.717) is 11.3 Å². The molecule has 6 nitrogen and oxygen atoms in total. The molecule has 0 aliphatic carbocycles. The molecule has 0 saturated heterocycles. The zero-order valence-corrected chi connectivity index (χ0v) is 10.9. The number of non-ortho nitro benzene ring substituents is 1. The summed E-state index contributed by atoms with van der Waals surface area (Å²) >= 11 is 0. The highest BCUT2D eigenvalue weighted by molar-refractivity contribution is 6.06. The number of carbonyl (C=O) groups is 1. The molecule has 0 unspecified atom stereocenters. The molecule has 1 amide bonds. The Morgan fingerprint density at radius 3 is 2.57 bits per heavy atom. The smallest absolute Gasteiger partial charge is 0.269 e. The second-order valence-corrected chi connectivity index (χ2v) is 4.54. The molecule has 2 aromatic carbocycles. The van der Waals surface area contributed by atoms with Crippen molar-refractivity contribution in [3.63, 3.8) is 0 Å². The van der Waals surface area contributed by atoms with Gasteiger partial charge in [0.25, 0.3) is 11.6 Å². The van der Waals surface area contributed by atoms with E-state index in [1.54, 1.807) is 12.1 Å². The fourth-order valence-electron chi connectivity index (χ4n) is 2.06. The first-order chi connectivity index (χ1) is 10.1. The van der Waals surface area contributed by atoms with Crippen LogP contribution in [-0.2, 0) is 0 Å². The minimum Gasteiger partial charge on any atom is -0.361 e. The summed E-state index contributed by atoms with van der Waals surface area (Å²) in [4.78, 5) is 25.3. The third-order valence-corrected chi connectivity index (χ3v) is 3.15. The summed E-state index contributed by atoms with van der Waals surface area (Å²) in [5.41, 5.74) is 1.99. The number of H-pyrrole nitrogens is 1. The van der Waals surface area contributed by atoms with Crippen molar-refractivity contribution in [3.8, 4) is 0 Å². The van der Waals surface area contributed by atoms with Crippen LogP contribution in [0.1, 0.15) is 10.4 Å². The number of amides is 1. The Hall–Kier alpha value is -3.15. The molecule has 0 fully saturated rings. The number of nitro groups is 1. The summed E-state index contributed by atoms with van der Waals surface area (Å²) in [5.74, 6) is -0.257. The zero-order chi connectivity index (χ0) is 14.8. The van der Waals surface area contributed by atoms with Crippen LogP contribution in [0.2, 0.25) is 0 Å². The lowest BCUT2D eigenvalue weighted by atomic mass is 10.1. The Morgan fingerprint density at radius 2 is 1.86 bits per heavy atom. The molecule has 0 atom stereocenters. The van der Waals surface area contributed by atoms with E-state index in [1.807, 2.05) is 18.3 Å². The largest absolute Gasteiger partial charge is 0.361 e. The Bertz CT molecular complexity index is 822. The quantitative estimate of drug-likeness (QED) is 0.570. The van der Waals surface area contributed by atoms with E-state index in [-0.39, 0.29) is 11.6 Å². The van der Waals surface area contributed by atoms with Crippen molar-refractivity contribution in [1.29, 1.82) is 0 Å². The molecule has 3 rings (SSSR count). The van der Waals surface area contributed by atoms with Crippen LogP contribution >= 0.6 is 0 Å². The van der Waals surface area contributed by atoms with Gasteiger partial charge < -0.3 is 10.3 Å². The number of hydrogen-bond donors (Lipinski definition) is 2. The van der Waals surface area contributed by atoms with Crippen LogP contribution in [-0.4, -0.2) is 15.8 Å². The molecule has 1 aromatic heterocycles. The molecule has 0 radical (unpaired) electrons. The molecular formula is C15H11N3O3. The topological polar surface area (TPSA) is 88.0 Å². The summed E-state index contributed by atoms with van der Waals surface area (Å²) in [6, 6.07) is 12.9. The van der Waals surface area contributed by atoms with Gasteiger partial charge in [-0.15, -0.1) is 0 Å². The number of aromatic nitrogens is 1. The molecule has 0 aliphatic rings. The lowest BCUT2D eigenvalue weighted by molar-refractivity contribution is -0.384. The number of hydrogen-bond acceptors (Lipinski definition) is 3. The maximum absolute atomic E-state index is 12.1. The fraction of sp³-hybridized carbons (Fsp3) is 0. The van der Waals surface area contributed by atoms with Crippen LogP contribution in [0.3, 0.4) is 0 Å². The maximum Gasteiger partial charge on any atom is 0.269 e. The van der Waals surface area contributed by atoms with Gasteiger partial charge in [-0.1, -0.05) is 0 Å². The second kappa shape index (κ2) is 5.09. The first-order valence-corrected chi connectivity index (χ1v) is 6.26. The van der Waals surface area contributed by atoms with E-state index in [1.165, 1.54) is 24.3 Å². The van der Waals surface area contributed by atoms with E-state index in [4.69, 9.17) is 0 Å². The van der Waals surface area contributed by atoms with E-state index in [0.717, 1.165) is 10.9 Å². The normalized spacial score (nSPS) is 10.5. The van der Waals surface area contributed by atoms with Gasteiger partial charge in [0, 0.05) is 40.5 Å². The predicted molar refractivity (Wildman–Crippen MR) is 79.3 cm³/mol. The van der Waals surface area contributed by atoms with Gasteiger partial charge in [0.05, 0.1) is 4.92 Å². The Morgan fingerprint density at radius 1 is 1.10 bits per heavy atom. The van der Waals surface area contributed by atoms with Crippen LogP contribution in [0, 0.1) is 10.1 Å². The van der Waals surface area contributed by atoms with Crippen molar-refractivity contribution < 1.29 is 9.72 Å². The number of aromatic amines is 1. The summed E-state index contributed by atoms with van der Waals surface area (Å²) in [7, 11) is 0. The Balaban J connectivity index is 1.80. The average molecular weight is 281 g/mol. The van der Waals surface area contributed by atoms with Crippen molar-refractivity contribution in [3.05, 3.63) is 70.4 Å². The molecule has 0 spiro atoms. The first kappa shape index (κ1) is 12.9. The number of benzene rings is 2. The average Bonchev–Trinajstić information content (AvgIpc) is 2.95. The number of anilines is 1. The molecule has 0 aliphatic heterocycles. The molecule has 0 bridgehead atoms.